The van der Waals surface area contributed by atoms with Crippen LogP contribution in [0.2, 0.25) is 0 Å². The van der Waals surface area contributed by atoms with E-state index in [2.05, 4.69) is 220 Å². The Morgan fingerprint density at radius 2 is 0.913 bits per heavy atom. The van der Waals surface area contributed by atoms with Crippen molar-refractivity contribution in [2.24, 2.45) is 0 Å². The second-order valence-electron chi connectivity index (χ2n) is 17.1. The maximum Gasteiger partial charge on any atom is 0.138 e. The van der Waals surface area contributed by atoms with E-state index in [1.54, 1.807) is 0 Å². The molecule has 0 saturated heterocycles. The largest absolute Gasteiger partial charge is 0.301 e. The number of nitrogens with zero attached hydrogens (tertiary/aromatic N) is 3. The molecule has 0 N–H and O–H groups in total. The highest BCUT2D eigenvalue weighted by molar-refractivity contribution is 9.10. The van der Waals surface area contributed by atoms with E-state index in [-0.39, 0.29) is 0 Å². The van der Waals surface area contributed by atoms with Gasteiger partial charge >= 0.3 is 0 Å². The summed E-state index contributed by atoms with van der Waals surface area (Å²) in [7, 11) is 0. The highest BCUT2D eigenvalue weighted by Gasteiger charge is 2.14. The summed E-state index contributed by atoms with van der Waals surface area (Å²) in [6.45, 7) is 0. The number of halogens is 1. The molecule has 0 amide bonds. The van der Waals surface area contributed by atoms with E-state index in [4.69, 9.17) is 4.98 Å². The van der Waals surface area contributed by atoms with Crippen LogP contribution in [-0.4, -0.2) is 14.5 Å². The number of aromatic nitrogens is 3. The third kappa shape index (κ3) is 8.71. The van der Waals surface area contributed by atoms with Crippen LogP contribution >= 0.6 is 38.6 Å². The van der Waals surface area contributed by atoms with Gasteiger partial charge in [0.1, 0.15) is 10.4 Å². The molecule has 6 heteroatoms. The summed E-state index contributed by atoms with van der Waals surface area (Å²) in [6.07, 6.45) is 7.72. The van der Waals surface area contributed by atoms with Crippen molar-refractivity contribution in [3.05, 3.63) is 252 Å². The molecule has 0 aliphatic heterocycles. The van der Waals surface area contributed by atoms with E-state index in [9.17, 15) is 0 Å². The molecular weight excluding hydrogens is 943 g/mol. The molecular formula is C63H42BrN3S2. The molecule has 0 saturated carbocycles. The zero-order chi connectivity index (χ0) is 46.1. The second kappa shape index (κ2) is 18.7. The van der Waals surface area contributed by atoms with Crippen LogP contribution in [0.5, 0.6) is 0 Å². The highest BCUT2D eigenvalue weighted by Crippen LogP contribution is 2.39. The number of thiophene rings is 2. The zero-order valence-electron chi connectivity index (χ0n) is 37.3. The molecule has 0 spiro atoms. The quantitative estimate of drug-likeness (QED) is 0.161. The summed E-state index contributed by atoms with van der Waals surface area (Å²) in [5.74, 6) is 0.925. The van der Waals surface area contributed by atoms with Gasteiger partial charge in [0.25, 0.3) is 0 Å². The maximum atomic E-state index is 5.12. The Bertz CT molecular complexity index is 3870. The zero-order valence-corrected chi connectivity index (χ0v) is 40.6. The minimum atomic E-state index is 0.854. The predicted molar refractivity (Wildman–Crippen MR) is 300 cm³/mol. The number of allylic oxidation sites excluding steroid dienone is 1. The van der Waals surface area contributed by atoms with Gasteiger partial charge in [-0.3, -0.25) is 0 Å². The van der Waals surface area contributed by atoms with Crippen LogP contribution < -0.4 is 0 Å². The van der Waals surface area contributed by atoms with Crippen LogP contribution in [0.25, 0.3) is 108 Å². The van der Waals surface area contributed by atoms with Crippen molar-refractivity contribution in [1.29, 1.82) is 0 Å². The molecule has 5 heterocycles. The lowest BCUT2D eigenvalue weighted by Gasteiger charge is -2.12. The number of hydrogen-bond donors (Lipinski definition) is 0. The van der Waals surface area contributed by atoms with Gasteiger partial charge in [-0.25, -0.2) is 9.97 Å². The minimum absolute atomic E-state index is 0.854. The third-order valence-electron chi connectivity index (χ3n) is 12.7. The van der Waals surface area contributed by atoms with Crippen molar-refractivity contribution < 1.29 is 0 Å². The molecule has 8 aromatic carbocycles. The molecule has 14 rings (SSSR count). The molecule has 328 valence electrons. The van der Waals surface area contributed by atoms with Gasteiger partial charge < -0.3 is 4.57 Å². The Morgan fingerprint density at radius 3 is 1.52 bits per heavy atom. The van der Waals surface area contributed by atoms with Crippen molar-refractivity contribution >= 4 is 95.9 Å². The first-order valence-electron chi connectivity index (χ1n) is 23.0. The van der Waals surface area contributed by atoms with Gasteiger partial charge in [-0.1, -0.05) is 170 Å². The normalized spacial score (nSPS) is 11.7. The molecule has 1 aliphatic rings. The number of rotatable bonds is 5. The third-order valence-corrected chi connectivity index (χ3v) is 15.3. The van der Waals surface area contributed by atoms with Gasteiger partial charge in [0.05, 0.1) is 16.9 Å². The van der Waals surface area contributed by atoms with Crippen molar-refractivity contribution in [3.8, 4) is 50.6 Å². The topological polar surface area (TPSA) is 30.7 Å². The van der Waals surface area contributed by atoms with Gasteiger partial charge in [-0.2, -0.15) is 0 Å². The number of fused-ring (bicyclic) bond motifs is 8. The predicted octanol–water partition coefficient (Wildman–Crippen LogP) is 18.5. The van der Waals surface area contributed by atoms with E-state index >= 15 is 0 Å². The molecule has 13 aromatic rings. The van der Waals surface area contributed by atoms with Gasteiger partial charge in [-0.05, 0) is 122 Å². The highest BCUT2D eigenvalue weighted by atomic mass is 79.9. The first-order chi connectivity index (χ1) is 34.1. The van der Waals surface area contributed by atoms with E-state index in [1.807, 2.05) is 71.2 Å². The average Bonchev–Trinajstić information content (AvgIpc) is 4.22. The van der Waals surface area contributed by atoms with E-state index in [0.29, 0.717) is 0 Å². The average molecular weight is 985 g/mol. The Hall–Kier alpha value is -7.74. The Morgan fingerprint density at radius 1 is 0.406 bits per heavy atom. The number of hydrogen-bond acceptors (Lipinski definition) is 4. The SMILES string of the molecule is Brc1cc(-c2ccccc2)cc(-c2ccccc2)n1.C1=Cc2cc3sc4ccccc4c3cc2C1.c1ccc(-c2cc(-c3ccccc3)nc(-n3ccc4cc5sc6ccccc6c5cc43)c2)cc1. The minimum Gasteiger partial charge on any atom is -0.301 e. The molecule has 0 radical (unpaired) electrons. The fraction of sp³-hybridized carbons (Fsp3) is 0.0159. The van der Waals surface area contributed by atoms with Crippen LogP contribution in [0.15, 0.2) is 241 Å². The molecule has 0 atom stereocenters. The van der Waals surface area contributed by atoms with E-state index < -0.39 is 0 Å². The summed E-state index contributed by atoms with van der Waals surface area (Å²) in [5, 5.41) is 6.66. The monoisotopic (exact) mass is 983 g/mol. The molecule has 3 nitrogen and oxygen atoms in total. The molecule has 1 aliphatic carbocycles. The van der Waals surface area contributed by atoms with Crippen LogP contribution in [0.4, 0.5) is 0 Å². The lowest BCUT2D eigenvalue weighted by atomic mass is 10.0. The molecule has 0 unspecified atom stereocenters. The van der Waals surface area contributed by atoms with E-state index in [1.165, 1.54) is 79.1 Å². The van der Waals surface area contributed by atoms with E-state index in [0.717, 1.165) is 44.9 Å². The summed E-state index contributed by atoms with van der Waals surface area (Å²) < 4.78 is 8.53. The molecule has 5 aromatic heterocycles. The fourth-order valence-electron chi connectivity index (χ4n) is 9.27. The van der Waals surface area contributed by atoms with Gasteiger partial charge in [0, 0.05) is 63.1 Å². The number of benzene rings is 8. The Labute approximate surface area is 417 Å². The van der Waals surface area contributed by atoms with Crippen LogP contribution in [0, 0.1) is 0 Å². The summed E-state index contributed by atoms with van der Waals surface area (Å²) in [4.78, 5) is 9.66. The summed E-state index contributed by atoms with van der Waals surface area (Å²) in [5.41, 5.74) is 13.0. The standard InChI is InChI=1S/C31H20N2S.C17H12BrN.C15H10S/c1-3-9-21(10-4-1)24-17-27(22-11-5-2-6-12-22)32-31(19-24)33-16-15-23-18-30-26(20-28(23)33)25-13-7-8-14-29(25)34-30;18-17-12-15(13-7-3-1-4-8-13)11-16(19-17)14-9-5-2-6-10-14;1-2-7-14-12(6-1)13-8-10-4-3-5-11(10)9-15(13)16-14/h1-20H;1-12H;1-3,5-9H,4H2. The van der Waals surface area contributed by atoms with Crippen molar-refractivity contribution in [2.75, 3.05) is 0 Å². The Kier molecular flexibility index (Phi) is 11.6. The fourth-order valence-corrected chi connectivity index (χ4v) is 12.0. The van der Waals surface area contributed by atoms with Gasteiger partial charge in [0.2, 0.25) is 0 Å². The van der Waals surface area contributed by atoms with Crippen LogP contribution in [0.1, 0.15) is 11.1 Å². The van der Waals surface area contributed by atoms with Crippen molar-refractivity contribution in [3.63, 3.8) is 0 Å². The lowest BCUT2D eigenvalue weighted by molar-refractivity contribution is 1.05. The lowest BCUT2D eigenvalue weighted by Crippen LogP contribution is -1.98. The van der Waals surface area contributed by atoms with Crippen molar-refractivity contribution in [1.82, 2.24) is 14.5 Å². The smallest absolute Gasteiger partial charge is 0.138 e. The number of pyridine rings is 2. The molecule has 0 bridgehead atoms. The first-order valence-corrected chi connectivity index (χ1v) is 25.5. The van der Waals surface area contributed by atoms with Crippen LogP contribution in [0.3, 0.4) is 0 Å². The summed E-state index contributed by atoms with van der Waals surface area (Å²) in [6, 6.07) is 78.9. The van der Waals surface area contributed by atoms with Crippen molar-refractivity contribution in [2.45, 2.75) is 6.42 Å². The van der Waals surface area contributed by atoms with Gasteiger partial charge in [0.15, 0.2) is 0 Å². The summed E-state index contributed by atoms with van der Waals surface area (Å²) >= 11 is 7.25. The maximum absolute atomic E-state index is 5.12. The Balaban J connectivity index is 0.000000118. The second-order valence-corrected chi connectivity index (χ2v) is 20.1. The van der Waals surface area contributed by atoms with Gasteiger partial charge in [-0.15, -0.1) is 22.7 Å². The molecule has 0 fully saturated rings. The first kappa shape index (κ1) is 42.6. The molecule has 69 heavy (non-hydrogen) atoms. The van der Waals surface area contributed by atoms with Crippen LogP contribution in [-0.2, 0) is 6.42 Å².